The van der Waals surface area contributed by atoms with Crippen LogP contribution in [0.5, 0.6) is 0 Å². The van der Waals surface area contributed by atoms with Gasteiger partial charge in [-0.1, -0.05) is 34.1 Å². The maximum atomic E-state index is 4.66. The highest BCUT2D eigenvalue weighted by atomic mass is 32.1. The summed E-state index contributed by atoms with van der Waals surface area (Å²) >= 11 is 1.77. The summed E-state index contributed by atoms with van der Waals surface area (Å²) in [6.07, 6.45) is 2.51. The van der Waals surface area contributed by atoms with Crippen molar-refractivity contribution >= 4 is 11.3 Å². The van der Waals surface area contributed by atoms with Crippen LogP contribution in [0.3, 0.4) is 0 Å². The minimum atomic E-state index is 0.623. The van der Waals surface area contributed by atoms with Gasteiger partial charge in [-0.2, -0.15) is 0 Å². The quantitative estimate of drug-likeness (QED) is 0.869. The Bertz CT molecular complexity index is 429. The second-order valence-corrected chi connectivity index (χ2v) is 8.03. The van der Waals surface area contributed by atoms with Gasteiger partial charge in [0.15, 0.2) is 0 Å². The number of aryl methyl sites for hydroxylation is 1. The SMILES string of the molecule is CCC(C)C1CN(Cc2csc(C)n2)C(CC(C)C)CN1. The average Bonchev–Trinajstić information content (AvgIpc) is 2.84. The molecule has 1 aromatic rings. The molecule has 1 saturated heterocycles. The molecule has 0 spiro atoms. The fraction of sp³-hybridized carbons (Fsp3) is 0.824. The molecule has 2 rings (SSSR count). The number of hydrogen-bond acceptors (Lipinski definition) is 4. The van der Waals surface area contributed by atoms with Gasteiger partial charge >= 0.3 is 0 Å². The van der Waals surface area contributed by atoms with E-state index < -0.39 is 0 Å². The molecule has 0 bridgehead atoms. The van der Waals surface area contributed by atoms with Gasteiger partial charge in [0.1, 0.15) is 0 Å². The zero-order valence-corrected chi connectivity index (χ0v) is 15.0. The lowest BCUT2D eigenvalue weighted by Gasteiger charge is -2.42. The molecular formula is C17H31N3S. The minimum Gasteiger partial charge on any atom is -0.311 e. The highest BCUT2D eigenvalue weighted by molar-refractivity contribution is 7.09. The molecule has 0 radical (unpaired) electrons. The number of nitrogens with one attached hydrogen (secondary N) is 1. The van der Waals surface area contributed by atoms with Crippen LogP contribution in [0.4, 0.5) is 0 Å². The van der Waals surface area contributed by atoms with Gasteiger partial charge in [0, 0.05) is 37.1 Å². The van der Waals surface area contributed by atoms with Crippen molar-refractivity contribution in [2.75, 3.05) is 13.1 Å². The van der Waals surface area contributed by atoms with E-state index in [4.69, 9.17) is 0 Å². The van der Waals surface area contributed by atoms with Gasteiger partial charge in [-0.3, -0.25) is 4.90 Å². The van der Waals surface area contributed by atoms with Crippen molar-refractivity contribution in [3.63, 3.8) is 0 Å². The Hall–Kier alpha value is -0.450. The van der Waals surface area contributed by atoms with Crippen molar-refractivity contribution < 1.29 is 0 Å². The van der Waals surface area contributed by atoms with E-state index in [1.54, 1.807) is 11.3 Å². The second kappa shape index (κ2) is 7.70. The van der Waals surface area contributed by atoms with Gasteiger partial charge in [0.25, 0.3) is 0 Å². The molecule has 120 valence electrons. The summed E-state index contributed by atoms with van der Waals surface area (Å²) in [4.78, 5) is 7.33. The minimum absolute atomic E-state index is 0.623. The molecule has 3 atom stereocenters. The third kappa shape index (κ3) is 4.76. The highest BCUT2D eigenvalue weighted by Gasteiger charge is 2.30. The normalized spacial score (nSPS) is 25.4. The van der Waals surface area contributed by atoms with Crippen LogP contribution >= 0.6 is 11.3 Å². The smallest absolute Gasteiger partial charge is 0.0897 e. The molecule has 3 nitrogen and oxygen atoms in total. The molecule has 1 aromatic heterocycles. The summed E-state index contributed by atoms with van der Waals surface area (Å²) in [5.41, 5.74) is 1.25. The third-order valence-electron chi connectivity index (χ3n) is 4.67. The van der Waals surface area contributed by atoms with Gasteiger partial charge in [-0.05, 0) is 25.2 Å². The van der Waals surface area contributed by atoms with Crippen LogP contribution in [0.25, 0.3) is 0 Å². The van der Waals surface area contributed by atoms with Gasteiger partial charge in [-0.25, -0.2) is 4.98 Å². The van der Waals surface area contributed by atoms with Gasteiger partial charge < -0.3 is 5.32 Å². The van der Waals surface area contributed by atoms with E-state index in [-0.39, 0.29) is 0 Å². The Morgan fingerprint density at radius 1 is 1.43 bits per heavy atom. The molecule has 0 aliphatic carbocycles. The van der Waals surface area contributed by atoms with Crippen LogP contribution in [0.2, 0.25) is 0 Å². The van der Waals surface area contributed by atoms with Gasteiger partial charge in [-0.15, -0.1) is 11.3 Å². The molecule has 1 N–H and O–H groups in total. The zero-order valence-electron chi connectivity index (χ0n) is 14.2. The largest absolute Gasteiger partial charge is 0.311 e. The van der Waals surface area contributed by atoms with Crippen molar-refractivity contribution in [2.24, 2.45) is 11.8 Å². The lowest BCUT2D eigenvalue weighted by Crippen LogP contribution is -2.58. The number of aromatic nitrogens is 1. The van der Waals surface area contributed by atoms with E-state index in [0.717, 1.165) is 31.5 Å². The van der Waals surface area contributed by atoms with E-state index in [2.05, 4.69) is 55.2 Å². The van der Waals surface area contributed by atoms with Crippen molar-refractivity contribution in [1.29, 1.82) is 0 Å². The summed E-state index contributed by atoms with van der Waals surface area (Å²) in [6, 6.07) is 1.27. The maximum absolute atomic E-state index is 4.66. The predicted molar refractivity (Wildman–Crippen MR) is 91.7 cm³/mol. The van der Waals surface area contributed by atoms with Crippen LogP contribution in [-0.2, 0) is 6.54 Å². The van der Waals surface area contributed by atoms with E-state index in [1.165, 1.54) is 23.5 Å². The Kier molecular flexibility index (Phi) is 6.20. The van der Waals surface area contributed by atoms with Gasteiger partial charge in [0.2, 0.25) is 0 Å². The summed E-state index contributed by atoms with van der Waals surface area (Å²) in [5.74, 6) is 1.49. The third-order valence-corrected chi connectivity index (χ3v) is 5.49. The monoisotopic (exact) mass is 309 g/mol. The first-order valence-electron chi connectivity index (χ1n) is 8.38. The molecule has 2 heterocycles. The summed E-state index contributed by atoms with van der Waals surface area (Å²) < 4.78 is 0. The first-order valence-corrected chi connectivity index (χ1v) is 9.26. The standard InChI is InChI=1S/C17H31N3S/c1-6-13(4)17-10-20(9-15-11-21-14(5)19-15)16(8-18-17)7-12(2)3/h11-13,16-18H,6-10H2,1-5H3. The van der Waals surface area contributed by atoms with E-state index in [0.29, 0.717) is 12.1 Å². The predicted octanol–water partition coefficient (Wildman–Crippen LogP) is 3.69. The lowest BCUT2D eigenvalue weighted by molar-refractivity contribution is 0.0879. The number of piperazine rings is 1. The van der Waals surface area contributed by atoms with Crippen molar-refractivity contribution in [1.82, 2.24) is 15.2 Å². The van der Waals surface area contributed by atoms with E-state index in [1.807, 2.05) is 0 Å². The van der Waals surface area contributed by atoms with Crippen LogP contribution in [0, 0.1) is 18.8 Å². The summed E-state index contributed by atoms with van der Waals surface area (Å²) in [5, 5.41) is 7.19. The summed E-state index contributed by atoms with van der Waals surface area (Å²) in [6.45, 7) is 14.7. The molecular weight excluding hydrogens is 278 g/mol. The molecule has 21 heavy (non-hydrogen) atoms. The fourth-order valence-corrected chi connectivity index (χ4v) is 3.81. The Balaban J connectivity index is 2.04. The Morgan fingerprint density at radius 2 is 2.19 bits per heavy atom. The number of rotatable bonds is 6. The van der Waals surface area contributed by atoms with Crippen LogP contribution in [0.15, 0.2) is 5.38 Å². The van der Waals surface area contributed by atoms with Crippen LogP contribution in [-0.4, -0.2) is 35.1 Å². The number of nitrogens with zero attached hydrogens (tertiary/aromatic N) is 2. The molecule has 1 aliphatic rings. The molecule has 1 fully saturated rings. The zero-order chi connectivity index (χ0) is 15.4. The van der Waals surface area contributed by atoms with Gasteiger partial charge in [0.05, 0.1) is 10.7 Å². The molecule has 3 unspecified atom stereocenters. The molecule has 0 aromatic carbocycles. The summed E-state index contributed by atoms with van der Waals surface area (Å²) in [7, 11) is 0. The second-order valence-electron chi connectivity index (χ2n) is 6.97. The first kappa shape index (κ1) is 16.9. The Labute approximate surface area is 134 Å². The molecule has 4 heteroatoms. The fourth-order valence-electron chi connectivity index (χ4n) is 3.21. The van der Waals surface area contributed by atoms with Crippen molar-refractivity contribution in [2.45, 2.75) is 66.1 Å². The Morgan fingerprint density at radius 3 is 2.76 bits per heavy atom. The van der Waals surface area contributed by atoms with Crippen LogP contribution in [0.1, 0.15) is 51.2 Å². The van der Waals surface area contributed by atoms with Crippen LogP contribution < -0.4 is 5.32 Å². The molecule has 0 amide bonds. The van der Waals surface area contributed by atoms with Crippen molar-refractivity contribution in [3.8, 4) is 0 Å². The number of hydrogen-bond donors (Lipinski definition) is 1. The first-order chi connectivity index (χ1) is 9.99. The van der Waals surface area contributed by atoms with E-state index in [9.17, 15) is 0 Å². The average molecular weight is 310 g/mol. The molecule has 0 saturated carbocycles. The lowest BCUT2D eigenvalue weighted by atomic mass is 9.92. The molecule has 1 aliphatic heterocycles. The topological polar surface area (TPSA) is 28.2 Å². The van der Waals surface area contributed by atoms with E-state index >= 15 is 0 Å². The maximum Gasteiger partial charge on any atom is 0.0897 e. The van der Waals surface area contributed by atoms with Crippen molar-refractivity contribution in [3.05, 3.63) is 16.1 Å². The highest BCUT2D eigenvalue weighted by Crippen LogP contribution is 2.22. The number of thiazole rings is 1.